The maximum absolute atomic E-state index is 12.3. The summed E-state index contributed by atoms with van der Waals surface area (Å²) >= 11 is 0. The molecular formula is C16H21NO4. The zero-order valence-electron chi connectivity index (χ0n) is 12.6. The zero-order valence-corrected chi connectivity index (χ0v) is 12.6. The largest absolute Gasteiger partial charge is 0.495 e. The summed E-state index contributed by atoms with van der Waals surface area (Å²) in [6.45, 7) is 1.66. The monoisotopic (exact) mass is 291 g/mol. The second-order valence-electron chi connectivity index (χ2n) is 4.64. The molecule has 0 heterocycles. The van der Waals surface area contributed by atoms with Crippen molar-refractivity contribution >= 4 is 5.91 Å². The number of nitrogens with zero attached hydrogens (tertiary/aromatic N) is 1. The van der Waals surface area contributed by atoms with Gasteiger partial charge in [-0.25, -0.2) is 0 Å². The molecule has 0 bridgehead atoms. The zero-order chi connectivity index (χ0) is 15.8. The van der Waals surface area contributed by atoms with Crippen molar-refractivity contribution in [1.29, 1.82) is 0 Å². The number of likely N-dealkylation sites (N-methyl/N-ethyl adjacent to an activating group) is 1. The van der Waals surface area contributed by atoms with Gasteiger partial charge in [0.1, 0.15) is 5.75 Å². The summed E-state index contributed by atoms with van der Waals surface area (Å²) in [5, 5.41) is 17.9. The second-order valence-corrected chi connectivity index (χ2v) is 4.64. The molecule has 0 saturated carbocycles. The number of ether oxygens (including phenoxy) is 1. The van der Waals surface area contributed by atoms with E-state index in [0.717, 1.165) is 0 Å². The van der Waals surface area contributed by atoms with Crippen molar-refractivity contribution in [3.63, 3.8) is 0 Å². The van der Waals surface area contributed by atoms with Gasteiger partial charge >= 0.3 is 0 Å². The molecule has 0 spiro atoms. The van der Waals surface area contributed by atoms with E-state index in [1.165, 1.54) is 12.0 Å². The van der Waals surface area contributed by atoms with Gasteiger partial charge in [0.2, 0.25) is 0 Å². The Kier molecular flexibility index (Phi) is 6.73. The minimum absolute atomic E-state index is 0.00924. The van der Waals surface area contributed by atoms with Gasteiger partial charge < -0.3 is 19.8 Å². The summed E-state index contributed by atoms with van der Waals surface area (Å²) < 4.78 is 5.21. The quantitative estimate of drug-likeness (QED) is 0.790. The van der Waals surface area contributed by atoms with E-state index in [9.17, 15) is 4.79 Å². The summed E-state index contributed by atoms with van der Waals surface area (Å²) in [6, 6.07) is 4.75. The molecule has 1 amide bonds. The van der Waals surface area contributed by atoms with E-state index in [1.54, 1.807) is 32.2 Å². The van der Waals surface area contributed by atoms with Crippen molar-refractivity contribution in [3.05, 3.63) is 29.3 Å². The van der Waals surface area contributed by atoms with Gasteiger partial charge in [-0.05, 0) is 25.1 Å². The number of carbonyl (C=O) groups excluding carboxylic acids is 1. The fourth-order valence-electron chi connectivity index (χ4n) is 1.68. The van der Waals surface area contributed by atoms with Gasteiger partial charge in [-0.2, -0.15) is 0 Å². The molecule has 114 valence electrons. The number of amides is 1. The number of hydrogen-bond donors (Lipinski definition) is 2. The van der Waals surface area contributed by atoms with Crippen molar-refractivity contribution in [1.82, 2.24) is 4.90 Å². The molecule has 21 heavy (non-hydrogen) atoms. The molecule has 1 unspecified atom stereocenters. The first-order chi connectivity index (χ1) is 10.0. The van der Waals surface area contributed by atoms with Crippen LogP contribution in [0.15, 0.2) is 18.2 Å². The topological polar surface area (TPSA) is 70.0 Å². The summed E-state index contributed by atoms with van der Waals surface area (Å²) in [6.07, 6.45) is 0.364. The molecule has 0 aromatic heterocycles. The van der Waals surface area contributed by atoms with Crippen molar-refractivity contribution in [3.8, 4) is 17.6 Å². The van der Waals surface area contributed by atoms with Crippen molar-refractivity contribution < 1.29 is 19.7 Å². The van der Waals surface area contributed by atoms with Gasteiger partial charge in [0, 0.05) is 19.0 Å². The standard InChI is InChI=1S/C16H21NO4/c1-12(11-19)17(2)16(20)14-7-8-15(21-3)13(10-14)6-4-5-9-18/h7-8,10,12,18-19H,5,9,11H2,1-3H3. The average Bonchev–Trinajstić information content (AvgIpc) is 2.52. The molecule has 1 aromatic carbocycles. The Balaban J connectivity index is 3.08. The summed E-state index contributed by atoms with van der Waals surface area (Å²) in [5.74, 6) is 6.09. The van der Waals surface area contributed by atoms with Gasteiger partial charge in [-0.1, -0.05) is 11.8 Å². The van der Waals surface area contributed by atoms with Gasteiger partial charge in [0.25, 0.3) is 5.91 Å². The smallest absolute Gasteiger partial charge is 0.253 e. The van der Waals surface area contributed by atoms with Crippen LogP contribution in [-0.2, 0) is 0 Å². The Bertz CT molecular complexity index is 545. The highest BCUT2D eigenvalue weighted by molar-refractivity contribution is 5.95. The van der Waals surface area contributed by atoms with Crippen LogP contribution in [0.5, 0.6) is 5.75 Å². The van der Waals surface area contributed by atoms with Gasteiger partial charge in [0.05, 0.1) is 31.9 Å². The van der Waals surface area contributed by atoms with Crippen molar-refractivity contribution in [2.75, 3.05) is 27.4 Å². The lowest BCUT2D eigenvalue weighted by Gasteiger charge is -2.23. The number of hydrogen-bond acceptors (Lipinski definition) is 4. The van der Waals surface area contributed by atoms with E-state index in [-0.39, 0.29) is 25.2 Å². The third kappa shape index (κ3) is 4.48. The first-order valence-electron chi connectivity index (χ1n) is 6.71. The maximum atomic E-state index is 12.3. The van der Waals surface area contributed by atoms with Crippen LogP contribution in [0.4, 0.5) is 0 Å². The second kappa shape index (κ2) is 8.30. The lowest BCUT2D eigenvalue weighted by Crippen LogP contribution is -2.37. The molecule has 0 fully saturated rings. The Labute approximate surface area is 125 Å². The molecule has 0 radical (unpaired) electrons. The van der Waals surface area contributed by atoms with Gasteiger partial charge in [-0.3, -0.25) is 4.79 Å². The molecule has 0 saturated heterocycles. The summed E-state index contributed by atoms with van der Waals surface area (Å²) in [7, 11) is 3.18. The lowest BCUT2D eigenvalue weighted by atomic mass is 10.1. The average molecular weight is 291 g/mol. The van der Waals surface area contributed by atoms with Crippen LogP contribution in [-0.4, -0.2) is 54.4 Å². The van der Waals surface area contributed by atoms with E-state index in [4.69, 9.17) is 14.9 Å². The molecule has 2 N–H and O–H groups in total. The maximum Gasteiger partial charge on any atom is 0.253 e. The summed E-state index contributed by atoms with van der Waals surface area (Å²) in [4.78, 5) is 13.8. The first kappa shape index (κ1) is 17.0. The highest BCUT2D eigenvalue weighted by Crippen LogP contribution is 2.20. The fraction of sp³-hybridized carbons (Fsp3) is 0.438. The highest BCUT2D eigenvalue weighted by Gasteiger charge is 2.17. The molecule has 5 heteroatoms. The van der Waals surface area contributed by atoms with Crippen LogP contribution in [0.3, 0.4) is 0 Å². The number of rotatable bonds is 5. The molecule has 1 rings (SSSR count). The number of aliphatic hydroxyl groups excluding tert-OH is 2. The van der Waals surface area contributed by atoms with Crippen molar-refractivity contribution in [2.24, 2.45) is 0 Å². The van der Waals surface area contributed by atoms with Crippen LogP contribution in [0.2, 0.25) is 0 Å². The fourth-order valence-corrected chi connectivity index (χ4v) is 1.68. The predicted molar refractivity (Wildman–Crippen MR) is 80.2 cm³/mol. The predicted octanol–water partition coefficient (Wildman–Crippen LogP) is 0.882. The van der Waals surface area contributed by atoms with Crippen LogP contribution < -0.4 is 4.74 Å². The number of benzene rings is 1. The molecular weight excluding hydrogens is 270 g/mol. The van der Waals surface area contributed by atoms with Crippen molar-refractivity contribution in [2.45, 2.75) is 19.4 Å². The normalized spacial score (nSPS) is 11.3. The minimum atomic E-state index is -0.261. The molecule has 1 aromatic rings. The molecule has 0 aliphatic heterocycles. The number of methoxy groups -OCH3 is 1. The van der Waals surface area contributed by atoms with Crippen LogP contribution in [0.25, 0.3) is 0 Å². The molecule has 0 aliphatic carbocycles. The Morgan fingerprint density at radius 2 is 2.14 bits per heavy atom. The number of aliphatic hydroxyl groups is 2. The summed E-state index contributed by atoms with van der Waals surface area (Å²) in [5.41, 5.74) is 1.08. The lowest BCUT2D eigenvalue weighted by molar-refractivity contribution is 0.0682. The molecule has 1 atom stereocenters. The van der Waals surface area contributed by atoms with Crippen LogP contribution in [0, 0.1) is 11.8 Å². The molecule has 0 aliphatic rings. The van der Waals surface area contributed by atoms with E-state index >= 15 is 0 Å². The Morgan fingerprint density at radius 3 is 2.71 bits per heavy atom. The SMILES string of the molecule is COc1ccc(C(=O)N(C)C(C)CO)cc1C#CCCO. The third-order valence-electron chi connectivity index (χ3n) is 3.15. The van der Waals surface area contributed by atoms with Gasteiger partial charge in [0.15, 0.2) is 0 Å². The van der Waals surface area contributed by atoms with E-state index < -0.39 is 0 Å². The van der Waals surface area contributed by atoms with Crippen LogP contribution >= 0.6 is 0 Å². The number of carbonyl (C=O) groups is 1. The Hall–Kier alpha value is -2.03. The van der Waals surface area contributed by atoms with E-state index in [2.05, 4.69) is 11.8 Å². The third-order valence-corrected chi connectivity index (χ3v) is 3.15. The van der Waals surface area contributed by atoms with E-state index in [0.29, 0.717) is 23.3 Å². The van der Waals surface area contributed by atoms with Crippen LogP contribution in [0.1, 0.15) is 29.3 Å². The van der Waals surface area contributed by atoms with Gasteiger partial charge in [-0.15, -0.1) is 0 Å². The Morgan fingerprint density at radius 1 is 1.43 bits per heavy atom. The first-order valence-corrected chi connectivity index (χ1v) is 6.71. The molecule has 5 nitrogen and oxygen atoms in total. The minimum Gasteiger partial charge on any atom is -0.495 e. The highest BCUT2D eigenvalue weighted by atomic mass is 16.5. The van der Waals surface area contributed by atoms with E-state index in [1.807, 2.05) is 0 Å².